The second kappa shape index (κ2) is 7.34. The van der Waals surface area contributed by atoms with Crippen molar-refractivity contribution in [3.05, 3.63) is 58.9 Å². The standard InChI is InChI=1S/C24H27N3O4/c1-15(2)20-18(26-9-11-30-12-10-26)13-17-21(25-20)24(3)23(29)31-14-19(27(24)22(17)28)16-7-5-4-6-8-16/h4-8,13,15,19H,9-12,14H2,1-3H3/t19-,24+/m1/s1. The Kier molecular flexibility index (Phi) is 4.73. The first-order valence-electron chi connectivity index (χ1n) is 10.9. The third-order valence-electron chi connectivity index (χ3n) is 6.59. The highest BCUT2D eigenvalue weighted by Gasteiger charge is 2.59. The van der Waals surface area contributed by atoms with Crippen molar-refractivity contribution in [3.8, 4) is 0 Å². The van der Waals surface area contributed by atoms with Crippen molar-refractivity contribution in [2.24, 2.45) is 0 Å². The number of hydrogen-bond acceptors (Lipinski definition) is 6. The molecule has 5 rings (SSSR count). The maximum absolute atomic E-state index is 13.7. The molecule has 0 aliphatic carbocycles. The van der Waals surface area contributed by atoms with E-state index in [0.717, 1.165) is 30.0 Å². The third-order valence-corrected chi connectivity index (χ3v) is 6.59. The minimum absolute atomic E-state index is 0.139. The molecule has 0 bridgehead atoms. The summed E-state index contributed by atoms with van der Waals surface area (Å²) in [5.74, 6) is -0.450. The largest absolute Gasteiger partial charge is 0.461 e. The predicted octanol–water partition coefficient (Wildman–Crippen LogP) is 3.01. The second-order valence-electron chi connectivity index (χ2n) is 8.82. The lowest BCUT2D eigenvalue weighted by atomic mass is 9.91. The maximum Gasteiger partial charge on any atom is 0.338 e. The van der Waals surface area contributed by atoms with Crippen molar-refractivity contribution in [1.29, 1.82) is 0 Å². The van der Waals surface area contributed by atoms with E-state index in [-0.39, 0.29) is 24.5 Å². The zero-order chi connectivity index (χ0) is 21.8. The van der Waals surface area contributed by atoms with Crippen LogP contribution in [-0.4, -0.2) is 54.7 Å². The number of aromatic nitrogens is 1. The molecule has 1 aromatic heterocycles. The first-order chi connectivity index (χ1) is 14.9. The molecule has 0 unspecified atom stereocenters. The normalized spacial score (nSPS) is 25.5. The van der Waals surface area contributed by atoms with Crippen molar-refractivity contribution >= 4 is 17.6 Å². The van der Waals surface area contributed by atoms with Crippen LogP contribution in [0.5, 0.6) is 0 Å². The number of benzene rings is 1. The predicted molar refractivity (Wildman–Crippen MR) is 115 cm³/mol. The minimum Gasteiger partial charge on any atom is -0.461 e. The number of carbonyl (C=O) groups is 2. The Hall–Kier alpha value is -2.93. The van der Waals surface area contributed by atoms with Gasteiger partial charge in [0.15, 0.2) is 5.54 Å². The molecule has 2 fully saturated rings. The highest BCUT2D eigenvalue weighted by Crippen LogP contribution is 2.48. The first kappa shape index (κ1) is 20.0. The maximum atomic E-state index is 13.7. The molecular formula is C24H27N3O4. The number of cyclic esters (lactones) is 1. The Labute approximate surface area is 182 Å². The highest BCUT2D eigenvalue weighted by molar-refractivity contribution is 6.06. The van der Waals surface area contributed by atoms with E-state index in [1.165, 1.54) is 0 Å². The van der Waals surface area contributed by atoms with E-state index in [1.807, 2.05) is 36.4 Å². The van der Waals surface area contributed by atoms with Gasteiger partial charge in [0.05, 0.1) is 41.9 Å². The van der Waals surface area contributed by atoms with Crippen molar-refractivity contribution in [2.45, 2.75) is 38.3 Å². The first-order valence-corrected chi connectivity index (χ1v) is 10.9. The molecule has 2 atom stereocenters. The Morgan fingerprint density at radius 3 is 2.52 bits per heavy atom. The van der Waals surface area contributed by atoms with Gasteiger partial charge in [-0.3, -0.25) is 9.78 Å². The number of nitrogens with zero attached hydrogens (tertiary/aromatic N) is 3. The molecule has 2 saturated heterocycles. The second-order valence-corrected chi connectivity index (χ2v) is 8.82. The van der Waals surface area contributed by atoms with Crippen molar-refractivity contribution < 1.29 is 19.1 Å². The molecule has 0 saturated carbocycles. The quantitative estimate of drug-likeness (QED) is 0.710. The van der Waals surface area contributed by atoms with E-state index in [9.17, 15) is 9.59 Å². The van der Waals surface area contributed by atoms with Gasteiger partial charge in [-0.25, -0.2) is 4.79 Å². The van der Waals surface area contributed by atoms with Gasteiger partial charge in [-0.15, -0.1) is 0 Å². The van der Waals surface area contributed by atoms with Gasteiger partial charge in [0.25, 0.3) is 5.91 Å². The summed E-state index contributed by atoms with van der Waals surface area (Å²) >= 11 is 0. The third kappa shape index (κ3) is 2.94. The Morgan fingerprint density at radius 2 is 1.84 bits per heavy atom. The van der Waals surface area contributed by atoms with E-state index in [1.54, 1.807) is 11.8 Å². The summed E-state index contributed by atoms with van der Waals surface area (Å²) in [6.07, 6.45) is 0. The summed E-state index contributed by atoms with van der Waals surface area (Å²) in [5, 5.41) is 0. The topological polar surface area (TPSA) is 72.0 Å². The number of fused-ring (bicyclic) bond motifs is 3. The Balaban J connectivity index is 1.66. The molecule has 4 heterocycles. The average Bonchev–Trinajstić information content (AvgIpc) is 3.02. The van der Waals surface area contributed by atoms with Crippen LogP contribution in [0.25, 0.3) is 0 Å². The molecule has 0 spiro atoms. The average molecular weight is 421 g/mol. The van der Waals surface area contributed by atoms with Crippen LogP contribution in [0.4, 0.5) is 5.69 Å². The molecule has 0 radical (unpaired) electrons. The summed E-state index contributed by atoms with van der Waals surface area (Å²) in [5.41, 5.74) is 2.56. The number of anilines is 1. The number of pyridine rings is 1. The lowest BCUT2D eigenvalue weighted by Gasteiger charge is -2.43. The van der Waals surface area contributed by atoms with Crippen LogP contribution in [-0.2, 0) is 19.8 Å². The van der Waals surface area contributed by atoms with Crippen molar-refractivity contribution in [3.63, 3.8) is 0 Å². The van der Waals surface area contributed by atoms with E-state index in [2.05, 4.69) is 18.7 Å². The zero-order valence-electron chi connectivity index (χ0n) is 18.1. The van der Waals surface area contributed by atoms with Gasteiger partial charge >= 0.3 is 5.97 Å². The van der Waals surface area contributed by atoms with Gasteiger partial charge in [-0.05, 0) is 24.5 Å². The van der Waals surface area contributed by atoms with Crippen LogP contribution in [0, 0.1) is 0 Å². The van der Waals surface area contributed by atoms with Gasteiger partial charge in [-0.1, -0.05) is 44.2 Å². The van der Waals surface area contributed by atoms with Gasteiger partial charge in [0.2, 0.25) is 0 Å². The summed E-state index contributed by atoms with van der Waals surface area (Å²) in [6.45, 7) is 8.88. The van der Waals surface area contributed by atoms with E-state index in [4.69, 9.17) is 14.5 Å². The van der Waals surface area contributed by atoms with E-state index < -0.39 is 11.5 Å². The molecule has 2 aromatic rings. The molecule has 7 heteroatoms. The van der Waals surface area contributed by atoms with Gasteiger partial charge < -0.3 is 19.3 Å². The molecule has 0 N–H and O–H groups in total. The fourth-order valence-corrected chi connectivity index (χ4v) is 4.92. The number of hydrogen-bond donors (Lipinski definition) is 0. The van der Waals surface area contributed by atoms with Crippen molar-refractivity contribution in [1.82, 2.24) is 9.88 Å². The number of carbonyl (C=O) groups excluding carboxylic acids is 2. The molecular weight excluding hydrogens is 394 g/mol. The molecule has 7 nitrogen and oxygen atoms in total. The number of amides is 1. The Bertz CT molecular complexity index is 1030. The summed E-state index contributed by atoms with van der Waals surface area (Å²) < 4.78 is 11.1. The fraction of sp³-hybridized carbons (Fsp3) is 0.458. The van der Waals surface area contributed by atoms with Crippen LogP contribution in [0.3, 0.4) is 0 Å². The van der Waals surface area contributed by atoms with Crippen molar-refractivity contribution in [2.75, 3.05) is 37.8 Å². The van der Waals surface area contributed by atoms with E-state index in [0.29, 0.717) is 24.5 Å². The van der Waals surface area contributed by atoms with Gasteiger partial charge in [0.1, 0.15) is 6.61 Å². The van der Waals surface area contributed by atoms with Crippen LogP contribution in [0.2, 0.25) is 0 Å². The summed E-state index contributed by atoms with van der Waals surface area (Å²) in [7, 11) is 0. The molecule has 162 valence electrons. The fourth-order valence-electron chi connectivity index (χ4n) is 4.92. The summed E-state index contributed by atoms with van der Waals surface area (Å²) in [6, 6.07) is 11.3. The summed E-state index contributed by atoms with van der Waals surface area (Å²) in [4.78, 5) is 35.7. The number of esters is 1. The zero-order valence-corrected chi connectivity index (χ0v) is 18.1. The molecule has 3 aliphatic rings. The van der Waals surface area contributed by atoms with Gasteiger partial charge in [-0.2, -0.15) is 0 Å². The SMILES string of the molecule is CC(C)c1nc2c(cc1N1CCOCC1)C(=O)N1[C@@H](c3ccccc3)COC(=O)[C@]21C. The Morgan fingerprint density at radius 1 is 1.13 bits per heavy atom. The molecule has 31 heavy (non-hydrogen) atoms. The van der Waals surface area contributed by atoms with E-state index >= 15 is 0 Å². The molecule has 1 aromatic carbocycles. The molecule has 3 aliphatic heterocycles. The smallest absolute Gasteiger partial charge is 0.338 e. The lowest BCUT2D eigenvalue weighted by Crippen LogP contribution is -2.55. The molecule has 1 amide bonds. The lowest BCUT2D eigenvalue weighted by molar-refractivity contribution is -0.170. The van der Waals surface area contributed by atoms with Crippen LogP contribution < -0.4 is 4.90 Å². The highest BCUT2D eigenvalue weighted by atomic mass is 16.5. The van der Waals surface area contributed by atoms with Crippen LogP contribution in [0.1, 0.15) is 60.0 Å². The van der Waals surface area contributed by atoms with Crippen LogP contribution >= 0.6 is 0 Å². The minimum atomic E-state index is -1.24. The number of morpholine rings is 2. The monoisotopic (exact) mass is 421 g/mol. The van der Waals surface area contributed by atoms with Crippen LogP contribution in [0.15, 0.2) is 36.4 Å². The number of rotatable bonds is 3. The number of ether oxygens (including phenoxy) is 2. The van der Waals surface area contributed by atoms with Gasteiger partial charge in [0, 0.05) is 13.1 Å².